The number of rotatable bonds is 5. The molecule has 1 aromatic heterocycles. The Morgan fingerprint density at radius 2 is 2.05 bits per heavy atom. The number of hydrogen-bond acceptors (Lipinski definition) is 2. The van der Waals surface area contributed by atoms with Gasteiger partial charge < -0.3 is 9.88 Å². The third kappa shape index (κ3) is 2.72. The molecule has 1 saturated carbocycles. The summed E-state index contributed by atoms with van der Waals surface area (Å²) in [5, 5.41) is 3.53. The van der Waals surface area contributed by atoms with Gasteiger partial charge in [0.1, 0.15) is 0 Å². The van der Waals surface area contributed by atoms with E-state index in [1.54, 1.807) is 0 Å². The highest BCUT2D eigenvalue weighted by Gasteiger charge is 2.19. The third-order valence-electron chi connectivity index (χ3n) is 4.17. The largest absolute Gasteiger partial charge is 0.325 e. The maximum Gasteiger partial charge on any atom is 0.207 e. The molecule has 3 rings (SSSR count). The van der Waals surface area contributed by atoms with Crippen LogP contribution in [0.1, 0.15) is 50.6 Å². The Labute approximate surface area is 121 Å². The second-order valence-corrected chi connectivity index (χ2v) is 5.63. The molecule has 0 aliphatic heterocycles. The van der Waals surface area contributed by atoms with Gasteiger partial charge in [0.25, 0.3) is 0 Å². The van der Waals surface area contributed by atoms with Gasteiger partial charge >= 0.3 is 0 Å². The molecular weight excluding hydrogens is 246 g/mol. The van der Waals surface area contributed by atoms with Crippen LogP contribution in [0.15, 0.2) is 36.7 Å². The highest BCUT2D eigenvalue weighted by molar-refractivity contribution is 5.58. The maximum absolute atomic E-state index is 4.51. The minimum absolute atomic E-state index is 0.623. The summed E-state index contributed by atoms with van der Waals surface area (Å²) in [4.78, 5) is 4.51. The molecule has 0 amide bonds. The predicted octanol–water partition coefficient (Wildman–Crippen LogP) is 4.69. The number of aromatic nitrogens is 2. The fourth-order valence-electron chi connectivity index (χ4n) is 3.14. The van der Waals surface area contributed by atoms with E-state index in [-0.39, 0.29) is 0 Å². The van der Waals surface area contributed by atoms with Gasteiger partial charge in [0, 0.05) is 24.1 Å². The van der Waals surface area contributed by atoms with E-state index in [1.807, 2.05) is 6.20 Å². The highest BCUT2D eigenvalue weighted by Crippen LogP contribution is 2.32. The lowest BCUT2D eigenvalue weighted by molar-refractivity contribution is 0.525. The molecule has 0 radical (unpaired) electrons. The van der Waals surface area contributed by atoms with Crippen LogP contribution in [0, 0.1) is 0 Å². The van der Waals surface area contributed by atoms with Crippen molar-refractivity contribution in [2.24, 2.45) is 0 Å². The van der Waals surface area contributed by atoms with E-state index in [1.165, 1.54) is 36.9 Å². The van der Waals surface area contributed by atoms with E-state index in [0.717, 1.165) is 18.8 Å². The third-order valence-corrected chi connectivity index (χ3v) is 4.17. The Bertz CT molecular complexity index is 553. The lowest BCUT2D eigenvalue weighted by Gasteiger charge is -2.17. The van der Waals surface area contributed by atoms with Crippen molar-refractivity contribution in [2.45, 2.75) is 51.5 Å². The molecule has 1 aliphatic carbocycles. The fraction of sp³-hybridized carbons (Fsp3) is 0.471. The Hall–Kier alpha value is -1.77. The number of aryl methyl sites for hydroxylation is 1. The average molecular weight is 269 g/mol. The second-order valence-electron chi connectivity index (χ2n) is 5.63. The quantitative estimate of drug-likeness (QED) is 0.853. The van der Waals surface area contributed by atoms with Crippen LogP contribution in [0.25, 0.3) is 0 Å². The number of imidazole rings is 1. The number of benzene rings is 1. The predicted molar refractivity (Wildman–Crippen MR) is 83.5 cm³/mol. The van der Waals surface area contributed by atoms with Crippen molar-refractivity contribution in [2.75, 3.05) is 5.32 Å². The van der Waals surface area contributed by atoms with Gasteiger partial charge in [-0.1, -0.05) is 44.4 Å². The first-order valence-electron chi connectivity index (χ1n) is 7.76. The number of nitrogens with one attached hydrogen (secondary N) is 1. The molecule has 106 valence electrons. The molecule has 3 nitrogen and oxygen atoms in total. The van der Waals surface area contributed by atoms with Crippen LogP contribution < -0.4 is 5.32 Å². The molecule has 0 spiro atoms. The molecule has 0 unspecified atom stereocenters. The Morgan fingerprint density at radius 1 is 1.25 bits per heavy atom. The van der Waals surface area contributed by atoms with Crippen LogP contribution in [0.2, 0.25) is 0 Å². The van der Waals surface area contributed by atoms with Crippen LogP contribution in [0.5, 0.6) is 0 Å². The first-order chi connectivity index (χ1) is 9.88. The first-order valence-corrected chi connectivity index (χ1v) is 7.76. The summed E-state index contributed by atoms with van der Waals surface area (Å²) in [6.45, 7) is 2.22. The zero-order chi connectivity index (χ0) is 13.8. The van der Waals surface area contributed by atoms with E-state index in [4.69, 9.17) is 0 Å². The molecule has 2 aromatic rings. The number of nitrogens with zero attached hydrogens (tertiary/aromatic N) is 2. The Kier molecular flexibility index (Phi) is 4.05. The molecule has 1 heterocycles. The summed E-state index contributed by atoms with van der Waals surface area (Å²) in [6, 6.07) is 9.18. The molecule has 3 heteroatoms. The van der Waals surface area contributed by atoms with E-state index < -0.39 is 0 Å². The fourth-order valence-corrected chi connectivity index (χ4v) is 3.14. The van der Waals surface area contributed by atoms with Gasteiger partial charge in [-0.25, -0.2) is 4.98 Å². The second kappa shape index (κ2) is 6.12. The van der Waals surface area contributed by atoms with Crippen molar-refractivity contribution in [3.63, 3.8) is 0 Å². The maximum atomic E-state index is 4.51. The van der Waals surface area contributed by atoms with Gasteiger partial charge in [-0.15, -0.1) is 0 Å². The molecule has 1 N–H and O–H groups in total. The molecule has 1 fully saturated rings. The molecule has 0 saturated heterocycles. The van der Waals surface area contributed by atoms with Crippen molar-refractivity contribution in [1.29, 1.82) is 0 Å². The first kappa shape index (κ1) is 13.2. The highest BCUT2D eigenvalue weighted by atomic mass is 15.2. The Morgan fingerprint density at radius 3 is 2.85 bits per heavy atom. The zero-order valence-corrected chi connectivity index (χ0v) is 12.2. The molecule has 1 aliphatic rings. The van der Waals surface area contributed by atoms with Crippen LogP contribution in [-0.2, 0) is 6.42 Å². The summed E-state index contributed by atoms with van der Waals surface area (Å²) in [6.07, 6.45) is 11.5. The van der Waals surface area contributed by atoms with Crippen LogP contribution in [0.4, 0.5) is 11.6 Å². The van der Waals surface area contributed by atoms with Crippen LogP contribution in [-0.4, -0.2) is 9.55 Å². The standard InChI is InChI=1S/C17H23N3/c1-2-7-14-8-3-6-11-16(14)19-17-18-12-13-20(17)15-9-4-5-10-15/h3,6,8,11-13,15H,2,4-5,7,9-10H2,1H3,(H,18,19). The van der Waals surface area contributed by atoms with E-state index in [0.29, 0.717) is 6.04 Å². The van der Waals surface area contributed by atoms with Crippen LogP contribution >= 0.6 is 0 Å². The van der Waals surface area contributed by atoms with Gasteiger partial charge in [0.15, 0.2) is 0 Å². The summed E-state index contributed by atoms with van der Waals surface area (Å²) in [5.74, 6) is 0.987. The lowest BCUT2D eigenvalue weighted by Crippen LogP contribution is -2.08. The normalized spacial score (nSPS) is 15.7. The smallest absolute Gasteiger partial charge is 0.207 e. The minimum Gasteiger partial charge on any atom is -0.325 e. The van der Waals surface area contributed by atoms with Gasteiger partial charge in [0.05, 0.1) is 0 Å². The van der Waals surface area contributed by atoms with Crippen molar-refractivity contribution in [1.82, 2.24) is 9.55 Å². The molecule has 0 atom stereocenters. The summed E-state index contributed by atoms with van der Waals surface area (Å²) >= 11 is 0. The van der Waals surface area contributed by atoms with Gasteiger partial charge in [0.2, 0.25) is 5.95 Å². The van der Waals surface area contributed by atoms with Gasteiger partial charge in [-0.05, 0) is 30.9 Å². The van der Waals surface area contributed by atoms with E-state index in [2.05, 4.69) is 52.3 Å². The van der Waals surface area contributed by atoms with Gasteiger partial charge in [-0.3, -0.25) is 0 Å². The van der Waals surface area contributed by atoms with E-state index >= 15 is 0 Å². The summed E-state index contributed by atoms with van der Waals surface area (Å²) in [5.41, 5.74) is 2.57. The van der Waals surface area contributed by atoms with E-state index in [9.17, 15) is 0 Å². The number of hydrogen-bond donors (Lipinski definition) is 1. The minimum atomic E-state index is 0.623. The topological polar surface area (TPSA) is 29.9 Å². The zero-order valence-electron chi connectivity index (χ0n) is 12.2. The van der Waals surface area contributed by atoms with Crippen molar-refractivity contribution in [3.8, 4) is 0 Å². The van der Waals surface area contributed by atoms with Crippen molar-refractivity contribution in [3.05, 3.63) is 42.2 Å². The lowest BCUT2D eigenvalue weighted by atomic mass is 10.1. The summed E-state index contributed by atoms with van der Waals surface area (Å²) < 4.78 is 2.32. The average Bonchev–Trinajstić information content (AvgIpc) is 3.11. The van der Waals surface area contributed by atoms with Crippen molar-refractivity contribution < 1.29 is 0 Å². The summed E-state index contributed by atoms with van der Waals surface area (Å²) in [7, 11) is 0. The number of anilines is 2. The Balaban J connectivity index is 1.83. The molecule has 0 bridgehead atoms. The van der Waals surface area contributed by atoms with Crippen LogP contribution in [0.3, 0.4) is 0 Å². The van der Waals surface area contributed by atoms with Gasteiger partial charge in [-0.2, -0.15) is 0 Å². The van der Waals surface area contributed by atoms with Crippen molar-refractivity contribution >= 4 is 11.6 Å². The SMILES string of the molecule is CCCc1ccccc1Nc1nccn1C1CCCC1. The molecular formula is C17H23N3. The monoisotopic (exact) mass is 269 g/mol. The molecule has 20 heavy (non-hydrogen) atoms. The molecule has 1 aromatic carbocycles. The number of para-hydroxylation sites is 1.